The summed E-state index contributed by atoms with van der Waals surface area (Å²) >= 11 is 0. The van der Waals surface area contributed by atoms with E-state index in [4.69, 9.17) is 14.3 Å². The predicted molar refractivity (Wildman–Crippen MR) is 103 cm³/mol. The number of benzene rings is 2. The summed E-state index contributed by atoms with van der Waals surface area (Å²) in [6.07, 6.45) is 0. The van der Waals surface area contributed by atoms with Crippen LogP contribution in [0, 0.1) is 0 Å². The molecule has 0 atom stereocenters. The highest BCUT2D eigenvalue weighted by Crippen LogP contribution is 2.32. The summed E-state index contributed by atoms with van der Waals surface area (Å²) in [5, 5.41) is 4.08. The maximum atomic E-state index is 12.6. The van der Waals surface area contributed by atoms with E-state index in [-0.39, 0.29) is 25.3 Å². The molecule has 0 aliphatic carbocycles. The van der Waals surface area contributed by atoms with Gasteiger partial charge in [0.05, 0.1) is 5.71 Å². The zero-order valence-corrected chi connectivity index (χ0v) is 15.8. The summed E-state index contributed by atoms with van der Waals surface area (Å²) in [4.78, 5) is 19.7. The number of ether oxygens (including phenoxy) is 2. The van der Waals surface area contributed by atoms with Crippen molar-refractivity contribution in [1.29, 1.82) is 0 Å². The van der Waals surface area contributed by atoms with Crippen LogP contribution in [0.4, 0.5) is 0 Å². The van der Waals surface area contributed by atoms with E-state index in [1.165, 1.54) is 0 Å². The quantitative estimate of drug-likeness (QED) is 0.553. The Labute approximate surface area is 159 Å². The molecule has 27 heavy (non-hydrogen) atoms. The molecule has 0 aromatic heterocycles. The van der Waals surface area contributed by atoms with Crippen molar-refractivity contribution < 1.29 is 19.1 Å². The maximum Gasteiger partial charge on any atom is 0.263 e. The lowest BCUT2D eigenvalue weighted by atomic mass is 10.1. The van der Waals surface area contributed by atoms with E-state index in [1.54, 1.807) is 4.90 Å². The van der Waals surface area contributed by atoms with E-state index in [2.05, 4.69) is 5.16 Å². The first-order valence-corrected chi connectivity index (χ1v) is 8.94. The summed E-state index contributed by atoms with van der Waals surface area (Å²) < 4.78 is 10.7. The van der Waals surface area contributed by atoms with Gasteiger partial charge in [-0.2, -0.15) is 0 Å². The Balaban J connectivity index is 1.59. The lowest BCUT2D eigenvalue weighted by Crippen LogP contribution is -2.38. The van der Waals surface area contributed by atoms with Crippen molar-refractivity contribution in [2.75, 3.05) is 13.4 Å². The monoisotopic (exact) mass is 368 g/mol. The molecule has 1 heterocycles. The third kappa shape index (κ3) is 4.78. The Hall–Kier alpha value is -3.02. The van der Waals surface area contributed by atoms with Gasteiger partial charge in [-0.3, -0.25) is 4.79 Å². The minimum atomic E-state index is -0.104. The molecule has 0 saturated carbocycles. The van der Waals surface area contributed by atoms with Crippen LogP contribution in [0.3, 0.4) is 0 Å². The minimum absolute atomic E-state index is 0.0697. The molecule has 6 nitrogen and oxygen atoms in total. The van der Waals surface area contributed by atoms with Gasteiger partial charge in [-0.1, -0.05) is 35.5 Å². The van der Waals surface area contributed by atoms with Crippen LogP contribution < -0.4 is 9.47 Å². The zero-order chi connectivity index (χ0) is 19.2. The highest BCUT2D eigenvalue weighted by molar-refractivity contribution is 5.99. The topological polar surface area (TPSA) is 60.4 Å². The van der Waals surface area contributed by atoms with Crippen molar-refractivity contribution in [3.8, 4) is 11.5 Å². The molecule has 6 heteroatoms. The highest BCUT2D eigenvalue weighted by Gasteiger charge is 2.18. The van der Waals surface area contributed by atoms with Crippen LogP contribution in [0.5, 0.6) is 11.5 Å². The van der Waals surface area contributed by atoms with Gasteiger partial charge in [0, 0.05) is 18.2 Å². The maximum absolute atomic E-state index is 12.6. The number of carbonyl (C=O) groups is 1. The summed E-state index contributed by atoms with van der Waals surface area (Å²) in [5.74, 6) is 1.30. The molecule has 0 bridgehead atoms. The average Bonchev–Trinajstić information content (AvgIpc) is 3.14. The van der Waals surface area contributed by atoms with E-state index in [1.807, 2.05) is 69.3 Å². The molecule has 0 radical (unpaired) electrons. The van der Waals surface area contributed by atoms with Crippen molar-refractivity contribution in [2.45, 2.75) is 33.4 Å². The molecule has 2 aromatic carbocycles. The number of fused-ring (bicyclic) bond motifs is 1. The van der Waals surface area contributed by atoms with Crippen molar-refractivity contribution in [3.63, 3.8) is 0 Å². The molecule has 1 aliphatic rings. The molecule has 142 valence electrons. The van der Waals surface area contributed by atoms with Crippen LogP contribution in [-0.4, -0.2) is 36.0 Å². The first kappa shape index (κ1) is 18.8. The SMILES string of the molecule is C/C(=N\OCC(=O)N(Cc1ccccc1)C(C)C)c1ccc2c(c1)OCO2. The number of oxime groups is 1. The van der Waals surface area contributed by atoms with Crippen LogP contribution in [0.1, 0.15) is 31.9 Å². The smallest absolute Gasteiger partial charge is 0.263 e. The number of carbonyl (C=O) groups excluding carboxylic acids is 1. The number of rotatable bonds is 7. The largest absolute Gasteiger partial charge is 0.454 e. The molecule has 3 rings (SSSR count). The van der Waals surface area contributed by atoms with Crippen LogP contribution in [-0.2, 0) is 16.2 Å². The second-order valence-electron chi connectivity index (χ2n) is 6.62. The number of hydrogen-bond donors (Lipinski definition) is 0. The van der Waals surface area contributed by atoms with E-state index in [0.29, 0.717) is 18.0 Å². The zero-order valence-electron chi connectivity index (χ0n) is 15.8. The summed E-state index contributed by atoms with van der Waals surface area (Å²) in [6, 6.07) is 15.5. The van der Waals surface area contributed by atoms with Gasteiger partial charge in [0.25, 0.3) is 5.91 Å². The van der Waals surface area contributed by atoms with Gasteiger partial charge in [-0.25, -0.2) is 0 Å². The van der Waals surface area contributed by atoms with E-state index < -0.39 is 0 Å². The Morgan fingerprint density at radius 2 is 1.89 bits per heavy atom. The Kier molecular flexibility index (Phi) is 5.96. The van der Waals surface area contributed by atoms with Crippen LogP contribution >= 0.6 is 0 Å². The second-order valence-corrected chi connectivity index (χ2v) is 6.62. The summed E-state index contributed by atoms with van der Waals surface area (Å²) in [5.41, 5.74) is 2.61. The fourth-order valence-electron chi connectivity index (χ4n) is 2.78. The Bertz CT molecular complexity index is 818. The van der Waals surface area contributed by atoms with Crippen LogP contribution in [0.15, 0.2) is 53.7 Å². The van der Waals surface area contributed by atoms with Crippen molar-refractivity contribution in [2.24, 2.45) is 5.16 Å². The van der Waals surface area contributed by atoms with E-state index in [9.17, 15) is 4.79 Å². The molecule has 0 unspecified atom stereocenters. The average molecular weight is 368 g/mol. The van der Waals surface area contributed by atoms with Gasteiger partial charge in [0.2, 0.25) is 6.79 Å². The molecule has 1 amide bonds. The van der Waals surface area contributed by atoms with Gasteiger partial charge in [0.15, 0.2) is 18.1 Å². The second kappa shape index (κ2) is 8.58. The number of amides is 1. The minimum Gasteiger partial charge on any atom is -0.454 e. The van der Waals surface area contributed by atoms with Crippen molar-refractivity contribution in [3.05, 3.63) is 59.7 Å². The van der Waals surface area contributed by atoms with Gasteiger partial charge in [-0.15, -0.1) is 0 Å². The molecular formula is C21H24N2O4. The number of nitrogens with zero attached hydrogens (tertiary/aromatic N) is 2. The molecular weight excluding hydrogens is 344 g/mol. The summed E-state index contributed by atoms with van der Waals surface area (Å²) in [7, 11) is 0. The lowest BCUT2D eigenvalue weighted by molar-refractivity contribution is -0.138. The van der Waals surface area contributed by atoms with Gasteiger partial charge >= 0.3 is 0 Å². The lowest BCUT2D eigenvalue weighted by Gasteiger charge is -2.26. The normalized spacial score (nSPS) is 13.0. The van der Waals surface area contributed by atoms with E-state index in [0.717, 1.165) is 16.9 Å². The first-order valence-electron chi connectivity index (χ1n) is 8.94. The first-order chi connectivity index (χ1) is 13.0. The fourth-order valence-corrected chi connectivity index (χ4v) is 2.78. The molecule has 0 fully saturated rings. The molecule has 2 aromatic rings. The van der Waals surface area contributed by atoms with Gasteiger partial charge in [-0.05, 0) is 44.5 Å². The fraction of sp³-hybridized carbons (Fsp3) is 0.333. The highest BCUT2D eigenvalue weighted by atomic mass is 16.7. The third-order valence-corrected chi connectivity index (χ3v) is 4.32. The number of hydrogen-bond acceptors (Lipinski definition) is 5. The van der Waals surface area contributed by atoms with Gasteiger partial charge in [0.1, 0.15) is 0 Å². The molecule has 1 aliphatic heterocycles. The predicted octanol–water partition coefficient (Wildman–Crippen LogP) is 3.59. The molecule has 0 spiro atoms. The van der Waals surface area contributed by atoms with Crippen molar-refractivity contribution >= 4 is 11.6 Å². The summed E-state index contributed by atoms with van der Waals surface area (Å²) in [6.45, 7) is 6.47. The molecule has 0 N–H and O–H groups in total. The van der Waals surface area contributed by atoms with Crippen LogP contribution in [0.25, 0.3) is 0 Å². The standard InChI is InChI=1S/C21H24N2O4/c1-15(2)23(12-17-7-5-4-6-8-17)21(24)13-27-22-16(3)18-9-10-19-20(11-18)26-14-25-19/h4-11,15H,12-14H2,1-3H3/b22-16+. The Morgan fingerprint density at radius 3 is 2.63 bits per heavy atom. The molecule has 0 saturated heterocycles. The Morgan fingerprint density at radius 1 is 1.15 bits per heavy atom. The third-order valence-electron chi connectivity index (χ3n) is 4.32. The van der Waals surface area contributed by atoms with Crippen molar-refractivity contribution in [1.82, 2.24) is 4.90 Å². The van der Waals surface area contributed by atoms with E-state index >= 15 is 0 Å². The van der Waals surface area contributed by atoms with Gasteiger partial charge < -0.3 is 19.2 Å². The van der Waals surface area contributed by atoms with Crippen LogP contribution in [0.2, 0.25) is 0 Å².